The van der Waals surface area contributed by atoms with Crippen molar-refractivity contribution < 1.29 is 4.74 Å². The maximum atomic E-state index is 6.46. The Morgan fingerprint density at radius 2 is 1.88 bits per heavy atom. The molecule has 0 unspecified atom stereocenters. The number of hydrogen-bond donors (Lipinski definition) is 4. The van der Waals surface area contributed by atoms with E-state index in [0.29, 0.717) is 35.5 Å². The molecule has 0 radical (unpaired) electrons. The first kappa shape index (κ1) is 20.8. The van der Waals surface area contributed by atoms with Crippen molar-refractivity contribution >= 4 is 28.4 Å². The number of ether oxygens (including phenoxy) is 1. The molecule has 0 aliphatic carbocycles. The number of H-pyrrole nitrogens is 1. The van der Waals surface area contributed by atoms with Gasteiger partial charge in [0.15, 0.2) is 5.82 Å². The zero-order valence-electron chi connectivity index (χ0n) is 19.1. The molecule has 3 aliphatic rings. The minimum absolute atomic E-state index is 0.505. The Morgan fingerprint density at radius 1 is 1.09 bits per heavy atom. The van der Waals surface area contributed by atoms with Gasteiger partial charge >= 0.3 is 0 Å². The maximum Gasteiger partial charge on any atom is 0.153 e. The van der Waals surface area contributed by atoms with Crippen LogP contribution >= 0.6 is 0 Å². The largest absolute Gasteiger partial charge is 0.383 e. The Bertz CT molecular complexity index is 1140. The van der Waals surface area contributed by atoms with Crippen LogP contribution in [-0.4, -0.2) is 63.5 Å². The third-order valence-corrected chi connectivity index (χ3v) is 7.31. The van der Waals surface area contributed by atoms with Crippen molar-refractivity contribution in [1.29, 1.82) is 0 Å². The Balaban J connectivity index is 1.38. The van der Waals surface area contributed by atoms with Crippen LogP contribution in [0.5, 0.6) is 0 Å². The lowest BCUT2D eigenvalue weighted by atomic mass is 9.84. The Kier molecular flexibility index (Phi) is 5.40. The second-order valence-electron chi connectivity index (χ2n) is 9.74. The van der Waals surface area contributed by atoms with Crippen molar-refractivity contribution in [2.45, 2.75) is 57.2 Å². The monoisotopic (exact) mass is 448 g/mol. The fourth-order valence-electron chi connectivity index (χ4n) is 5.69. The predicted molar refractivity (Wildman–Crippen MR) is 129 cm³/mol. The molecule has 0 saturated carbocycles. The summed E-state index contributed by atoms with van der Waals surface area (Å²) in [7, 11) is 0. The number of fused-ring (bicyclic) bond motifs is 3. The molecule has 0 spiro atoms. The molecule has 174 valence electrons. The molecule has 3 aromatic heterocycles. The quantitative estimate of drug-likeness (QED) is 0.471. The highest BCUT2D eigenvalue weighted by Crippen LogP contribution is 2.40. The highest BCUT2D eigenvalue weighted by molar-refractivity contribution is 5.91. The Labute approximate surface area is 193 Å². The molecule has 0 amide bonds. The van der Waals surface area contributed by atoms with Gasteiger partial charge in [0.25, 0.3) is 0 Å². The number of rotatable bonds is 5. The third kappa shape index (κ3) is 4.28. The number of hydrogen-bond acceptors (Lipinski definition) is 8. The average Bonchev–Trinajstić information content (AvgIpc) is 3.37. The number of piperidine rings is 1. The number of nitrogen functional groups attached to an aromatic ring is 1. The predicted octanol–water partition coefficient (Wildman–Crippen LogP) is 2.82. The first-order chi connectivity index (χ1) is 16.1. The molecule has 9 heteroatoms. The summed E-state index contributed by atoms with van der Waals surface area (Å²) in [5.41, 5.74) is 10.8. The van der Waals surface area contributed by atoms with E-state index in [-0.39, 0.29) is 0 Å². The Morgan fingerprint density at radius 3 is 2.61 bits per heavy atom. The first-order valence-electron chi connectivity index (χ1n) is 12.1. The van der Waals surface area contributed by atoms with Crippen LogP contribution in [0.4, 0.5) is 17.5 Å². The normalized spacial score (nSPS) is 25.5. The lowest BCUT2D eigenvalue weighted by Crippen LogP contribution is -2.38. The second-order valence-corrected chi connectivity index (χ2v) is 9.74. The van der Waals surface area contributed by atoms with Gasteiger partial charge in [-0.1, -0.05) is 0 Å². The van der Waals surface area contributed by atoms with Gasteiger partial charge in [0.05, 0.1) is 24.4 Å². The SMILES string of the molecule is Cc1cc(Nc2cc3nc(CN4CCOCC4)c([C@H]4C[C@H]5CC[C@@H](C4)N5)cc3c(N)n2)n[nH]1. The van der Waals surface area contributed by atoms with Crippen LogP contribution in [0.15, 0.2) is 18.2 Å². The van der Waals surface area contributed by atoms with Gasteiger partial charge in [0.1, 0.15) is 11.6 Å². The maximum absolute atomic E-state index is 6.46. The molecule has 9 nitrogen and oxygen atoms in total. The summed E-state index contributed by atoms with van der Waals surface area (Å²) in [5.74, 6) is 2.39. The highest BCUT2D eigenvalue weighted by atomic mass is 16.5. The number of aromatic nitrogens is 4. The topological polar surface area (TPSA) is 117 Å². The van der Waals surface area contributed by atoms with Crippen LogP contribution in [0.25, 0.3) is 10.9 Å². The molecule has 6 heterocycles. The standard InChI is InChI=1S/C24H32N8O/c1-14-8-23(31-30-14)28-22-12-20-19(24(25)29-22)11-18(15-9-16-2-3-17(10-15)26-16)21(27-20)13-32-4-6-33-7-5-32/h8,11-12,15-17,26H,2-7,9-10,13H2,1H3,(H4,25,28,29,30,31)/t15-,16+,17-. The summed E-state index contributed by atoms with van der Waals surface area (Å²) in [6, 6.07) is 7.45. The minimum atomic E-state index is 0.505. The van der Waals surface area contributed by atoms with Crippen LogP contribution < -0.4 is 16.4 Å². The van der Waals surface area contributed by atoms with Crippen LogP contribution in [0.3, 0.4) is 0 Å². The molecular weight excluding hydrogens is 416 g/mol. The zero-order valence-corrected chi connectivity index (χ0v) is 19.1. The molecule has 0 aromatic carbocycles. The van der Waals surface area contributed by atoms with Gasteiger partial charge in [-0.05, 0) is 50.2 Å². The van der Waals surface area contributed by atoms with E-state index in [1.807, 2.05) is 19.1 Å². The van der Waals surface area contributed by atoms with E-state index in [1.165, 1.54) is 36.9 Å². The lowest BCUT2D eigenvalue weighted by Gasteiger charge is -2.32. The molecule has 3 atom stereocenters. The minimum Gasteiger partial charge on any atom is -0.383 e. The summed E-state index contributed by atoms with van der Waals surface area (Å²) in [4.78, 5) is 12.3. The number of nitrogens with one attached hydrogen (secondary N) is 3. The number of nitrogens with two attached hydrogens (primary N) is 1. The highest BCUT2D eigenvalue weighted by Gasteiger charge is 2.35. The van der Waals surface area contributed by atoms with E-state index in [2.05, 4.69) is 36.8 Å². The molecule has 5 N–H and O–H groups in total. The number of anilines is 3. The number of morpholine rings is 1. The third-order valence-electron chi connectivity index (χ3n) is 7.31. The average molecular weight is 449 g/mol. The van der Waals surface area contributed by atoms with Crippen molar-refractivity contribution in [3.8, 4) is 0 Å². The van der Waals surface area contributed by atoms with Crippen LogP contribution in [0, 0.1) is 6.92 Å². The summed E-state index contributed by atoms with van der Waals surface area (Å²) in [6.45, 7) is 6.27. The number of nitrogens with zero attached hydrogens (tertiary/aromatic N) is 4. The smallest absolute Gasteiger partial charge is 0.153 e. The van der Waals surface area contributed by atoms with Gasteiger partial charge in [0.2, 0.25) is 0 Å². The van der Waals surface area contributed by atoms with Crippen LogP contribution in [0.1, 0.15) is 48.6 Å². The molecule has 3 saturated heterocycles. The zero-order chi connectivity index (χ0) is 22.4. The number of pyridine rings is 2. The summed E-state index contributed by atoms with van der Waals surface area (Å²) < 4.78 is 5.57. The van der Waals surface area contributed by atoms with Crippen molar-refractivity contribution in [3.05, 3.63) is 35.2 Å². The van der Waals surface area contributed by atoms with Crippen molar-refractivity contribution in [2.75, 3.05) is 37.4 Å². The van der Waals surface area contributed by atoms with Gasteiger partial charge in [-0.2, -0.15) is 5.10 Å². The van der Waals surface area contributed by atoms with Gasteiger partial charge < -0.3 is 21.1 Å². The molecular formula is C24H32N8O. The molecule has 33 heavy (non-hydrogen) atoms. The summed E-state index contributed by atoms with van der Waals surface area (Å²) in [5, 5.41) is 15.1. The summed E-state index contributed by atoms with van der Waals surface area (Å²) in [6.07, 6.45) is 4.91. The van der Waals surface area contributed by atoms with Crippen molar-refractivity contribution in [2.24, 2.45) is 0 Å². The first-order valence-corrected chi connectivity index (χ1v) is 12.1. The second kappa shape index (κ2) is 8.55. The van der Waals surface area contributed by atoms with E-state index < -0.39 is 0 Å². The molecule has 6 rings (SSSR count). The van der Waals surface area contributed by atoms with Gasteiger partial charge in [-0.25, -0.2) is 4.98 Å². The Hall–Kier alpha value is -2.75. The van der Waals surface area contributed by atoms with Gasteiger partial charge in [-0.3, -0.25) is 15.0 Å². The van der Waals surface area contributed by atoms with E-state index in [1.54, 1.807) is 0 Å². The van der Waals surface area contributed by atoms with Crippen molar-refractivity contribution in [1.82, 2.24) is 30.4 Å². The fraction of sp³-hybridized carbons (Fsp3) is 0.542. The number of aromatic amines is 1. The van der Waals surface area contributed by atoms with Gasteiger partial charge in [0, 0.05) is 54.9 Å². The van der Waals surface area contributed by atoms with E-state index in [4.69, 9.17) is 15.5 Å². The molecule has 2 bridgehead atoms. The van der Waals surface area contributed by atoms with E-state index in [0.717, 1.165) is 49.4 Å². The fourth-order valence-corrected chi connectivity index (χ4v) is 5.69. The molecule has 3 aliphatic heterocycles. The molecule has 3 aromatic rings. The summed E-state index contributed by atoms with van der Waals surface area (Å²) >= 11 is 0. The van der Waals surface area contributed by atoms with E-state index >= 15 is 0 Å². The van der Waals surface area contributed by atoms with Crippen LogP contribution in [0.2, 0.25) is 0 Å². The van der Waals surface area contributed by atoms with Crippen molar-refractivity contribution in [3.63, 3.8) is 0 Å². The lowest BCUT2D eigenvalue weighted by molar-refractivity contribution is 0.0335. The molecule has 3 fully saturated rings. The van der Waals surface area contributed by atoms with Crippen LogP contribution in [-0.2, 0) is 11.3 Å². The van der Waals surface area contributed by atoms with E-state index in [9.17, 15) is 0 Å². The van der Waals surface area contributed by atoms with Gasteiger partial charge in [-0.15, -0.1) is 0 Å². The number of aryl methyl sites for hydroxylation is 1.